The molecule has 2 nitrogen and oxygen atoms in total. The lowest BCUT2D eigenvalue weighted by atomic mass is 9.94. The highest BCUT2D eigenvalue weighted by Crippen LogP contribution is 2.36. The molecule has 2 aromatic rings. The number of alkyl halides is 3. The van der Waals surface area contributed by atoms with Crippen LogP contribution in [0.25, 0.3) is 0 Å². The maximum atomic E-state index is 13.9. The van der Waals surface area contributed by atoms with E-state index in [-0.39, 0.29) is 11.1 Å². The van der Waals surface area contributed by atoms with Crippen molar-refractivity contribution in [1.82, 2.24) is 10.3 Å². The lowest BCUT2D eigenvalue weighted by molar-refractivity contribution is -0.138. The third-order valence-electron chi connectivity index (χ3n) is 3.10. The molecule has 1 heterocycles. The number of hydrogen-bond donors (Lipinski definition) is 1. The monoisotopic (exact) mass is 298 g/mol. The summed E-state index contributed by atoms with van der Waals surface area (Å²) < 4.78 is 53.3. The van der Waals surface area contributed by atoms with E-state index in [1.54, 1.807) is 6.92 Å². The van der Waals surface area contributed by atoms with E-state index >= 15 is 0 Å². The molecule has 112 valence electrons. The van der Waals surface area contributed by atoms with Crippen LogP contribution in [0, 0.1) is 5.82 Å². The van der Waals surface area contributed by atoms with Crippen LogP contribution in [0.2, 0.25) is 0 Å². The molecule has 1 unspecified atom stereocenters. The second-order valence-corrected chi connectivity index (χ2v) is 4.47. The van der Waals surface area contributed by atoms with E-state index in [0.29, 0.717) is 6.54 Å². The average Bonchev–Trinajstić information content (AvgIpc) is 2.45. The summed E-state index contributed by atoms with van der Waals surface area (Å²) in [6, 6.07) is 5.69. The van der Waals surface area contributed by atoms with Crippen molar-refractivity contribution in [2.24, 2.45) is 0 Å². The number of hydrogen-bond acceptors (Lipinski definition) is 2. The molecule has 6 heteroatoms. The zero-order chi connectivity index (χ0) is 15.5. The van der Waals surface area contributed by atoms with E-state index in [1.165, 1.54) is 30.5 Å². The molecule has 1 aromatic heterocycles. The summed E-state index contributed by atoms with van der Waals surface area (Å²) in [5.74, 6) is -0.638. The normalized spacial score (nSPS) is 13.2. The fourth-order valence-corrected chi connectivity index (χ4v) is 2.22. The number of pyridine rings is 1. The fraction of sp³-hybridized carbons (Fsp3) is 0.267. The molecule has 2 rings (SSSR count). The Morgan fingerprint density at radius 3 is 2.48 bits per heavy atom. The quantitative estimate of drug-likeness (QED) is 0.865. The standard InChI is InChI=1S/C15H14F4N2/c1-2-21-14(11-7-8-20-9-13(11)16)10-5-3-4-6-12(10)15(17,18)19/h3-9,14,21H,2H2,1H3. The van der Waals surface area contributed by atoms with Crippen molar-refractivity contribution in [2.75, 3.05) is 6.54 Å². The summed E-state index contributed by atoms with van der Waals surface area (Å²) in [6.45, 7) is 2.15. The van der Waals surface area contributed by atoms with Gasteiger partial charge in [0.05, 0.1) is 17.8 Å². The molecular formula is C15H14F4N2. The van der Waals surface area contributed by atoms with Gasteiger partial charge in [0.1, 0.15) is 5.82 Å². The minimum absolute atomic E-state index is 0.00282. The number of nitrogens with zero attached hydrogens (tertiary/aromatic N) is 1. The second kappa shape index (κ2) is 6.22. The van der Waals surface area contributed by atoms with Crippen molar-refractivity contribution in [3.63, 3.8) is 0 Å². The highest BCUT2D eigenvalue weighted by atomic mass is 19.4. The van der Waals surface area contributed by atoms with Crippen LogP contribution >= 0.6 is 0 Å². The van der Waals surface area contributed by atoms with Gasteiger partial charge in [0.25, 0.3) is 0 Å². The van der Waals surface area contributed by atoms with Crippen molar-refractivity contribution < 1.29 is 17.6 Å². The Morgan fingerprint density at radius 2 is 1.86 bits per heavy atom. The maximum absolute atomic E-state index is 13.9. The summed E-state index contributed by atoms with van der Waals surface area (Å²) in [4.78, 5) is 3.63. The smallest absolute Gasteiger partial charge is 0.306 e. The van der Waals surface area contributed by atoms with Gasteiger partial charge in [-0.2, -0.15) is 13.2 Å². The maximum Gasteiger partial charge on any atom is 0.416 e. The molecule has 0 fully saturated rings. The van der Waals surface area contributed by atoms with Crippen LogP contribution in [0.5, 0.6) is 0 Å². The Balaban J connectivity index is 2.57. The van der Waals surface area contributed by atoms with Gasteiger partial charge in [-0.1, -0.05) is 25.1 Å². The molecule has 1 N–H and O–H groups in total. The SMILES string of the molecule is CCNC(c1ccncc1F)c1ccccc1C(F)(F)F. The van der Waals surface area contributed by atoms with Crippen molar-refractivity contribution in [2.45, 2.75) is 19.1 Å². The van der Waals surface area contributed by atoms with Crippen LogP contribution in [-0.4, -0.2) is 11.5 Å². The van der Waals surface area contributed by atoms with Crippen LogP contribution in [0.15, 0.2) is 42.7 Å². The van der Waals surface area contributed by atoms with Crippen LogP contribution in [0.1, 0.15) is 29.7 Å². The first-order valence-corrected chi connectivity index (χ1v) is 6.44. The minimum Gasteiger partial charge on any atom is -0.306 e. The van der Waals surface area contributed by atoms with Gasteiger partial charge in [-0.25, -0.2) is 4.39 Å². The molecule has 21 heavy (non-hydrogen) atoms. The van der Waals surface area contributed by atoms with E-state index in [1.807, 2.05) is 0 Å². The van der Waals surface area contributed by atoms with Crippen LogP contribution in [-0.2, 0) is 6.18 Å². The summed E-state index contributed by atoms with van der Waals surface area (Å²) >= 11 is 0. The van der Waals surface area contributed by atoms with E-state index in [4.69, 9.17) is 0 Å². The number of benzene rings is 1. The summed E-state index contributed by atoms with van der Waals surface area (Å²) in [7, 11) is 0. The lowest BCUT2D eigenvalue weighted by Crippen LogP contribution is -2.26. The zero-order valence-electron chi connectivity index (χ0n) is 11.3. The van der Waals surface area contributed by atoms with Crippen LogP contribution < -0.4 is 5.32 Å². The van der Waals surface area contributed by atoms with E-state index in [9.17, 15) is 17.6 Å². The van der Waals surface area contributed by atoms with Crippen molar-refractivity contribution in [3.05, 3.63) is 65.2 Å². The predicted molar refractivity (Wildman–Crippen MR) is 71.2 cm³/mol. The van der Waals surface area contributed by atoms with Crippen molar-refractivity contribution in [1.29, 1.82) is 0 Å². The van der Waals surface area contributed by atoms with E-state index < -0.39 is 23.6 Å². The summed E-state index contributed by atoms with van der Waals surface area (Å²) in [5.41, 5.74) is -0.632. The molecule has 0 amide bonds. The van der Waals surface area contributed by atoms with Crippen molar-refractivity contribution in [3.8, 4) is 0 Å². The lowest BCUT2D eigenvalue weighted by Gasteiger charge is -2.23. The Kier molecular flexibility index (Phi) is 4.57. The molecule has 0 saturated carbocycles. The third kappa shape index (κ3) is 3.39. The summed E-state index contributed by atoms with van der Waals surface area (Å²) in [6.07, 6.45) is -2.14. The first kappa shape index (κ1) is 15.4. The summed E-state index contributed by atoms with van der Waals surface area (Å²) in [5, 5.41) is 2.90. The van der Waals surface area contributed by atoms with Crippen LogP contribution in [0.3, 0.4) is 0 Å². The van der Waals surface area contributed by atoms with Gasteiger partial charge in [-0.15, -0.1) is 0 Å². The molecule has 1 atom stereocenters. The van der Waals surface area contributed by atoms with Crippen molar-refractivity contribution >= 4 is 0 Å². The molecule has 0 spiro atoms. The van der Waals surface area contributed by atoms with Gasteiger partial charge in [-0.3, -0.25) is 4.98 Å². The number of halogens is 4. The number of nitrogens with one attached hydrogen (secondary N) is 1. The molecule has 1 aromatic carbocycles. The Morgan fingerprint density at radius 1 is 1.14 bits per heavy atom. The van der Waals surface area contributed by atoms with Gasteiger partial charge < -0.3 is 5.32 Å². The largest absolute Gasteiger partial charge is 0.416 e. The molecule has 0 aliphatic heterocycles. The molecule has 0 bridgehead atoms. The predicted octanol–water partition coefficient (Wildman–Crippen LogP) is 3.94. The van der Waals surface area contributed by atoms with Crippen LogP contribution in [0.4, 0.5) is 17.6 Å². The van der Waals surface area contributed by atoms with E-state index in [2.05, 4.69) is 10.3 Å². The second-order valence-electron chi connectivity index (χ2n) is 4.47. The topological polar surface area (TPSA) is 24.9 Å². The Hall–Kier alpha value is -1.95. The fourth-order valence-electron chi connectivity index (χ4n) is 2.22. The number of aromatic nitrogens is 1. The Labute approximate surface area is 119 Å². The highest BCUT2D eigenvalue weighted by molar-refractivity contribution is 5.38. The molecule has 0 saturated heterocycles. The van der Waals surface area contributed by atoms with Gasteiger partial charge in [0, 0.05) is 11.8 Å². The molecular weight excluding hydrogens is 284 g/mol. The first-order chi connectivity index (χ1) is 9.95. The average molecular weight is 298 g/mol. The first-order valence-electron chi connectivity index (χ1n) is 6.44. The number of rotatable bonds is 4. The molecule has 0 radical (unpaired) electrons. The third-order valence-corrected chi connectivity index (χ3v) is 3.10. The van der Waals surface area contributed by atoms with E-state index in [0.717, 1.165) is 12.3 Å². The zero-order valence-corrected chi connectivity index (χ0v) is 11.3. The minimum atomic E-state index is -4.49. The van der Waals surface area contributed by atoms with Gasteiger partial charge >= 0.3 is 6.18 Å². The van der Waals surface area contributed by atoms with Gasteiger partial charge in [0.2, 0.25) is 0 Å². The van der Waals surface area contributed by atoms with Gasteiger partial charge in [-0.05, 0) is 24.2 Å². The van der Waals surface area contributed by atoms with Gasteiger partial charge in [0.15, 0.2) is 0 Å². The molecule has 0 aliphatic carbocycles. The highest BCUT2D eigenvalue weighted by Gasteiger charge is 2.35. The Bertz CT molecular complexity index is 611. The molecule has 0 aliphatic rings.